The van der Waals surface area contributed by atoms with Crippen LogP contribution < -0.4 is 0 Å². The molecule has 0 amide bonds. The predicted molar refractivity (Wildman–Crippen MR) is 82.7 cm³/mol. The first-order valence-electron chi connectivity index (χ1n) is 6.55. The summed E-state index contributed by atoms with van der Waals surface area (Å²) < 4.78 is 0. The van der Waals surface area contributed by atoms with Gasteiger partial charge in [-0.25, -0.2) is 15.0 Å². The van der Waals surface area contributed by atoms with E-state index in [9.17, 15) is 0 Å². The number of hydrogen-bond acceptors (Lipinski definition) is 3. The van der Waals surface area contributed by atoms with Gasteiger partial charge in [-0.1, -0.05) is 17.7 Å². The van der Waals surface area contributed by atoms with E-state index in [1.807, 2.05) is 31.2 Å². The highest BCUT2D eigenvalue weighted by molar-refractivity contribution is 5.86. The van der Waals surface area contributed by atoms with Crippen molar-refractivity contribution in [2.75, 3.05) is 0 Å². The number of rotatable bonds is 2. The normalized spacial score (nSPS) is 11.3. The molecule has 98 valence electrons. The summed E-state index contributed by atoms with van der Waals surface area (Å²) in [5, 5.41) is 1.15. The first kappa shape index (κ1) is 12.5. The summed E-state index contributed by atoms with van der Waals surface area (Å²) in [7, 11) is 0. The Labute approximate surface area is 118 Å². The predicted octanol–water partition coefficient (Wildman–Crippen LogP) is 4.00. The summed E-state index contributed by atoms with van der Waals surface area (Å²) in [6.07, 6.45) is 3.51. The standard InChI is InChI=1S/C17H15N3/c1-12-3-6-16-14(9-12)4-5-15(20-16)11-19-17-10-13(2)7-8-18-17/h3-11H,1-2H3. The minimum absolute atomic E-state index is 0.704. The zero-order valence-electron chi connectivity index (χ0n) is 11.5. The molecule has 0 atom stereocenters. The van der Waals surface area contributed by atoms with Gasteiger partial charge in [0.25, 0.3) is 0 Å². The van der Waals surface area contributed by atoms with Crippen molar-refractivity contribution >= 4 is 22.9 Å². The van der Waals surface area contributed by atoms with Gasteiger partial charge < -0.3 is 0 Å². The van der Waals surface area contributed by atoms with E-state index in [4.69, 9.17) is 0 Å². The van der Waals surface area contributed by atoms with Crippen LogP contribution in [-0.4, -0.2) is 16.2 Å². The number of fused-ring (bicyclic) bond motifs is 1. The van der Waals surface area contributed by atoms with Gasteiger partial charge in [0, 0.05) is 11.6 Å². The fourth-order valence-corrected chi connectivity index (χ4v) is 2.06. The van der Waals surface area contributed by atoms with E-state index < -0.39 is 0 Å². The van der Waals surface area contributed by atoms with Gasteiger partial charge in [0.1, 0.15) is 0 Å². The zero-order valence-corrected chi connectivity index (χ0v) is 11.5. The molecule has 2 aromatic heterocycles. The molecule has 0 aliphatic rings. The second-order valence-corrected chi connectivity index (χ2v) is 4.88. The first-order valence-corrected chi connectivity index (χ1v) is 6.55. The number of aliphatic imine (C=N–C) groups is 1. The van der Waals surface area contributed by atoms with Crippen LogP contribution in [0.1, 0.15) is 16.8 Å². The van der Waals surface area contributed by atoms with Gasteiger partial charge in [0.15, 0.2) is 5.82 Å². The second-order valence-electron chi connectivity index (χ2n) is 4.88. The van der Waals surface area contributed by atoms with Gasteiger partial charge in [0.05, 0.1) is 17.4 Å². The third-order valence-corrected chi connectivity index (χ3v) is 3.10. The number of nitrogens with zero attached hydrogens (tertiary/aromatic N) is 3. The Morgan fingerprint density at radius 3 is 2.65 bits per heavy atom. The first-order chi connectivity index (χ1) is 9.70. The molecular weight excluding hydrogens is 246 g/mol. The minimum Gasteiger partial charge on any atom is -0.247 e. The van der Waals surface area contributed by atoms with Crippen LogP contribution in [0.25, 0.3) is 10.9 Å². The van der Waals surface area contributed by atoms with Gasteiger partial charge in [-0.15, -0.1) is 0 Å². The fourth-order valence-electron chi connectivity index (χ4n) is 2.06. The molecule has 3 rings (SSSR count). The molecule has 3 aromatic rings. The minimum atomic E-state index is 0.704. The van der Waals surface area contributed by atoms with Crippen LogP contribution in [-0.2, 0) is 0 Å². The summed E-state index contributed by atoms with van der Waals surface area (Å²) in [6, 6.07) is 14.2. The van der Waals surface area contributed by atoms with Crippen LogP contribution in [0, 0.1) is 13.8 Å². The average molecular weight is 261 g/mol. The van der Waals surface area contributed by atoms with E-state index in [-0.39, 0.29) is 0 Å². The van der Waals surface area contributed by atoms with Crippen LogP contribution in [0.15, 0.2) is 53.7 Å². The highest BCUT2D eigenvalue weighted by Gasteiger charge is 1.97. The van der Waals surface area contributed by atoms with Crippen molar-refractivity contribution in [2.24, 2.45) is 4.99 Å². The van der Waals surface area contributed by atoms with E-state index >= 15 is 0 Å². The van der Waals surface area contributed by atoms with Gasteiger partial charge in [-0.05, 0) is 49.7 Å². The van der Waals surface area contributed by atoms with Gasteiger partial charge >= 0.3 is 0 Å². The maximum Gasteiger partial charge on any atom is 0.152 e. The molecule has 0 radical (unpaired) electrons. The largest absolute Gasteiger partial charge is 0.247 e. The lowest BCUT2D eigenvalue weighted by atomic mass is 10.1. The van der Waals surface area contributed by atoms with Crippen LogP contribution in [0.3, 0.4) is 0 Å². The van der Waals surface area contributed by atoms with Crippen molar-refractivity contribution in [2.45, 2.75) is 13.8 Å². The van der Waals surface area contributed by atoms with Gasteiger partial charge in [0.2, 0.25) is 0 Å². The summed E-state index contributed by atoms with van der Waals surface area (Å²) in [4.78, 5) is 13.1. The summed E-state index contributed by atoms with van der Waals surface area (Å²) in [5.41, 5.74) is 4.21. The molecule has 3 nitrogen and oxygen atoms in total. The SMILES string of the molecule is Cc1ccnc(N=Cc2ccc3cc(C)ccc3n2)c1. The zero-order chi connectivity index (χ0) is 13.9. The Bertz CT molecular complexity index is 791. The van der Waals surface area contributed by atoms with Crippen LogP contribution in [0.4, 0.5) is 5.82 Å². The molecule has 0 bridgehead atoms. The van der Waals surface area contributed by atoms with E-state index in [0.717, 1.165) is 22.2 Å². The highest BCUT2D eigenvalue weighted by atomic mass is 14.9. The van der Waals surface area contributed by atoms with Gasteiger partial charge in [-0.2, -0.15) is 0 Å². The molecule has 0 fully saturated rings. The van der Waals surface area contributed by atoms with Crippen molar-refractivity contribution in [3.05, 3.63) is 65.5 Å². The molecular formula is C17H15N3. The molecule has 1 aromatic carbocycles. The third kappa shape index (κ3) is 2.72. The Balaban J connectivity index is 1.93. The van der Waals surface area contributed by atoms with E-state index in [0.29, 0.717) is 5.82 Å². The maximum absolute atomic E-state index is 4.58. The molecule has 3 heteroatoms. The Morgan fingerprint density at radius 2 is 1.80 bits per heavy atom. The lowest BCUT2D eigenvalue weighted by Gasteiger charge is -2.00. The van der Waals surface area contributed by atoms with Gasteiger partial charge in [-0.3, -0.25) is 0 Å². The molecule has 0 saturated carbocycles. The molecule has 0 aliphatic heterocycles. The highest BCUT2D eigenvalue weighted by Crippen LogP contribution is 2.14. The van der Waals surface area contributed by atoms with Crippen molar-refractivity contribution in [1.29, 1.82) is 0 Å². The van der Waals surface area contributed by atoms with E-state index in [1.54, 1.807) is 12.4 Å². The molecule has 20 heavy (non-hydrogen) atoms. The van der Waals surface area contributed by atoms with Crippen molar-refractivity contribution < 1.29 is 0 Å². The lowest BCUT2D eigenvalue weighted by Crippen LogP contribution is -1.89. The summed E-state index contributed by atoms with van der Waals surface area (Å²) in [5.74, 6) is 0.704. The monoisotopic (exact) mass is 261 g/mol. The fraction of sp³-hybridized carbons (Fsp3) is 0.118. The second kappa shape index (κ2) is 5.21. The number of aromatic nitrogens is 2. The molecule has 0 N–H and O–H groups in total. The third-order valence-electron chi connectivity index (χ3n) is 3.10. The molecule has 0 saturated heterocycles. The van der Waals surface area contributed by atoms with Crippen molar-refractivity contribution in [1.82, 2.24) is 9.97 Å². The van der Waals surface area contributed by atoms with Crippen LogP contribution >= 0.6 is 0 Å². The smallest absolute Gasteiger partial charge is 0.152 e. The van der Waals surface area contributed by atoms with Crippen LogP contribution in [0.2, 0.25) is 0 Å². The van der Waals surface area contributed by atoms with Crippen molar-refractivity contribution in [3.63, 3.8) is 0 Å². The Kier molecular flexibility index (Phi) is 3.25. The number of hydrogen-bond donors (Lipinski definition) is 0. The lowest BCUT2D eigenvalue weighted by molar-refractivity contribution is 1.24. The Morgan fingerprint density at radius 1 is 0.950 bits per heavy atom. The Hall–Kier alpha value is -2.55. The quantitative estimate of drug-likeness (QED) is 0.654. The summed E-state index contributed by atoms with van der Waals surface area (Å²) >= 11 is 0. The number of pyridine rings is 2. The molecule has 0 unspecified atom stereocenters. The molecule has 0 spiro atoms. The average Bonchev–Trinajstić information content (AvgIpc) is 2.45. The maximum atomic E-state index is 4.58. The van der Waals surface area contributed by atoms with Crippen LogP contribution in [0.5, 0.6) is 0 Å². The number of benzene rings is 1. The summed E-state index contributed by atoms with van der Waals surface area (Å²) in [6.45, 7) is 4.11. The topological polar surface area (TPSA) is 38.1 Å². The van der Waals surface area contributed by atoms with Crippen molar-refractivity contribution in [3.8, 4) is 0 Å². The van der Waals surface area contributed by atoms with E-state index in [2.05, 4.69) is 40.1 Å². The number of aryl methyl sites for hydroxylation is 2. The van der Waals surface area contributed by atoms with E-state index in [1.165, 1.54) is 5.56 Å². The molecule has 0 aliphatic carbocycles. The molecule has 2 heterocycles.